The Bertz CT molecular complexity index is 134. The highest BCUT2D eigenvalue weighted by atomic mass is 14.8. The predicted octanol–water partition coefficient (Wildman–Crippen LogP) is 1.91. The van der Waals surface area contributed by atoms with Crippen molar-refractivity contribution in [2.75, 3.05) is 0 Å². The van der Waals surface area contributed by atoms with Crippen LogP contribution in [0, 0.1) is 11.8 Å². The molecule has 0 spiro atoms. The average molecular weight is 139 g/mol. The molecular formula is C9H17N. The zero-order valence-electron chi connectivity index (χ0n) is 6.77. The van der Waals surface area contributed by atoms with Crippen molar-refractivity contribution in [2.24, 2.45) is 17.6 Å². The number of hydrogen-bond acceptors (Lipinski definition) is 1. The quantitative estimate of drug-likeness (QED) is 0.635. The van der Waals surface area contributed by atoms with E-state index in [4.69, 9.17) is 5.73 Å². The van der Waals surface area contributed by atoms with Gasteiger partial charge in [0.05, 0.1) is 0 Å². The maximum Gasteiger partial charge on any atom is 0.0158 e. The summed E-state index contributed by atoms with van der Waals surface area (Å²) in [5, 5.41) is 0. The second kappa shape index (κ2) is 1.97. The van der Waals surface area contributed by atoms with E-state index in [0.29, 0.717) is 5.54 Å². The van der Waals surface area contributed by atoms with E-state index in [1.165, 1.54) is 32.1 Å². The van der Waals surface area contributed by atoms with Crippen LogP contribution in [0.25, 0.3) is 0 Å². The van der Waals surface area contributed by atoms with Crippen LogP contribution in [0.4, 0.5) is 0 Å². The molecular weight excluding hydrogens is 122 g/mol. The Morgan fingerprint density at radius 1 is 1.50 bits per heavy atom. The van der Waals surface area contributed by atoms with Crippen molar-refractivity contribution in [3.8, 4) is 0 Å². The Hall–Kier alpha value is -0.0400. The van der Waals surface area contributed by atoms with Gasteiger partial charge in [0, 0.05) is 5.54 Å². The Morgan fingerprint density at radius 2 is 2.10 bits per heavy atom. The third-order valence-corrected chi connectivity index (χ3v) is 3.05. The normalized spacial score (nSPS) is 31.8. The minimum Gasteiger partial charge on any atom is -0.325 e. The van der Waals surface area contributed by atoms with Gasteiger partial charge in [0.1, 0.15) is 0 Å². The fraction of sp³-hybridized carbons (Fsp3) is 1.00. The molecule has 1 heteroatoms. The van der Waals surface area contributed by atoms with E-state index in [1.807, 2.05) is 0 Å². The Labute approximate surface area is 63.0 Å². The van der Waals surface area contributed by atoms with Crippen LogP contribution in [0.2, 0.25) is 0 Å². The highest BCUT2D eigenvalue weighted by Gasteiger charge is 2.42. The van der Waals surface area contributed by atoms with Crippen molar-refractivity contribution in [3.05, 3.63) is 0 Å². The van der Waals surface area contributed by atoms with Crippen LogP contribution in [0.5, 0.6) is 0 Å². The van der Waals surface area contributed by atoms with Gasteiger partial charge in [0.25, 0.3) is 0 Å². The lowest BCUT2D eigenvalue weighted by Gasteiger charge is -2.14. The summed E-state index contributed by atoms with van der Waals surface area (Å²) in [5.74, 6) is 1.95. The summed E-state index contributed by atoms with van der Waals surface area (Å²) in [5.41, 5.74) is 6.31. The van der Waals surface area contributed by atoms with Crippen LogP contribution in [-0.2, 0) is 0 Å². The summed E-state index contributed by atoms with van der Waals surface area (Å²) in [7, 11) is 0. The van der Waals surface area contributed by atoms with E-state index < -0.39 is 0 Å². The molecule has 0 amide bonds. The van der Waals surface area contributed by atoms with Crippen molar-refractivity contribution in [1.82, 2.24) is 0 Å². The summed E-state index contributed by atoms with van der Waals surface area (Å²) in [4.78, 5) is 0. The van der Waals surface area contributed by atoms with Crippen molar-refractivity contribution in [2.45, 2.75) is 44.6 Å². The Kier molecular flexibility index (Phi) is 1.31. The minimum atomic E-state index is 0.294. The first-order chi connectivity index (χ1) is 4.70. The van der Waals surface area contributed by atoms with E-state index in [2.05, 4.69) is 6.92 Å². The largest absolute Gasteiger partial charge is 0.325 e. The summed E-state index contributed by atoms with van der Waals surface area (Å²) >= 11 is 0. The van der Waals surface area contributed by atoms with Crippen LogP contribution < -0.4 is 5.73 Å². The molecule has 1 unspecified atom stereocenters. The van der Waals surface area contributed by atoms with Crippen LogP contribution in [0.15, 0.2) is 0 Å². The molecule has 2 saturated carbocycles. The van der Waals surface area contributed by atoms with Gasteiger partial charge in [-0.1, -0.05) is 6.92 Å². The van der Waals surface area contributed by atoms with E-state index in [0.717, 1.165) is 11.8 Å². The molecule has 58 valence electrons. The summed E-state index contributed by atoms with van der Waals surface area (Å²) in [6.07, 6.45) is 6.79. The highest BCUT2D eigenvalue weighted by molar-refractivity contribution is 5.00. The molecule has 2 aliphatic rings. The molecule has 0 aromatic carbocycles. The second-order valence-electron chi connectivity index (χ2n) is 4.38. The summed E-state index contributed by atoms with van der Waals surface area (Å²) in [6.45, 7) is 2.37. The van der Waals surface area contributed by atoms with E-state index in [9.17, 15) is 0 Å². The van der Waals surface area contributed by atoms with Gasteiger partial charge in [-0.2, -0.15) is 0 Å². The molecule has 0 heterocycles. The highest BCUT2D eigenvalue weighted by Crippen LogP contribution is 2.45. The van der Waals surface area contributed by atoms with Gasteiger partial charge in [-0.15, -0.1) is 0 Å². The lowest BCUT2D eigenvalue weighted by atomic mass is 9.96. The SMILES string of the molecule is CC(CC1(N)CC1)C1CC1. The molecule has 2 rings (SSSR count). The van der Waals surface area contributed by atoms with Gasteiger partial charge < -0.3 is 5.73 Å². The number of nitrogens with two attached hydrogens (primary N) is 1. The topological polar surface area (TPSA) is 26.0 Å². The maximum absolute atomic E-state index is 6.01. The Balaban J connectivity index is 1.77. The zero-order chi connectivity index (χ0) is 7.19. The first-order valence-electron chi connectivity index (χ1n) is 4.48. The fourth-order valence-corrected chi connectivity index (χ4v) is 1.84. The maximum atomic E-state index is 6.01. The van der Waals surface area contributed by atoms with E-state index in [1.54, 1.807) is 0 Å². The fourth-order valence-electron chi connectivity index (χ4n) is 1.84. The molecule has 2 N–H and O–H groups in total. The van der Waals surface area contributed by atoms with Gasteiger partial charge in [0.15, 0.2) is 0 Å². The summed E-state index contributed by atoms with van der Waals surface area (Å²) in [6, 6.07) is 0. The molecule has 10 heavy (non-hydrogen) atoms. The second-order valence-corrected chi connectivity index (χ2v) is 4.38. The first-order valence-corrected chi connectivity index (χ1v) is 4.48. The molecule has 1 atom stereocenters. The van der Waals surface area contributed by atoms with Crippen molar-refractivity contribution in [3.63, 3.8) is 0 Å². The monoisotopic (exact) mass is 139 g/mol. The van der Waals surface area contributed by atoms with Gasteiger partial charge in [-0.05, 0) is 43.9 Å². The predicted molar refractivity (Wildman–Crippen MR) is 42.7 cm³/mol. The van der Waals surface area contributed by atoms with Crippen LogP contribution in [0.3, 0.4) is 0 Å². The molecule has 0 radical (unpaired) electrons. The van der Waals surface area contributed by atoms with Crippen molar-refractivity contribution < 1.29 is 0 Å². The third kappa shape index (κ3) is 1.34. The molecule has 0 aromatic rings. The molecule has 0 aliphatic heterocycles. The molecule has 2 aliphatic carbocycles. The lowest BCUT2D eigenvalue weighted by molar-refractivity contribution is 0.409. The van der Waals surface area contributed by atoms with Gasteiger partial charge >= 0.3 is 0 Å². The lowest BCUT2D eigenvalue weighted by Crippen LogP contribution is -2.24. The molecule has 1 nitrogen and oxygen atoms in total. The van der Waals surface area contributed by atoms with Crippen LogP contribution >= 0.6 is 0 Å². The number of hydrogen-bond donors (Lipinski definition) is 1. The van der Waals surface area contributed by atoms with E-state index in [-0.39, 0.29) is 0 Å². The minimum absolute atomic E-state index is 0.294. The first kappa shape index (κ1) is 6.66. The van der Waals surface area contributed by atoms with Gasteiger partial charge in [-0.3, -0.25) is 0 Å². The van der Waals surface area contributed by atoms with Crippen LogP contribution in [0.1, 0.15) is 39.0 Å². The number of rotatable bonds is 3. The van der Waals surface area contributed by atoms with Gasteiger partial charge in [0.2, 0.25) is 0 Å². The molecule has 0 bridgehead atoms. The molecule has 2 fully saturated rings. The van der Waals surface area contributed by atoms with Gasteiger partial charge in [-0.25, -0.2) is 0 Å². The average Bonchev–Trinajstić information content (AvgIpc) is 2.60. The Morgan fingerprint density at radius 3 is 2.50 bits per heavy atom. The van der Waals surface area contributed by atoms with Crippen molar-refractivity contribution >= 4 is 0 Å². The zero-order valence-corrected chi connectivity index (χ0v) is 6.77. The van der Waals surface area contributed by atoms with Crippen molar-refractivity contribution in [1.29, 1.82) is 0 Å². The van der Waals surface area contributed by atoms with Crippen LogP contribution in [-0.4, -0.2) is 5.54 Å². The van der Waals surface area contributed by atoms with E-state index >= 15 is 0 Å². The third-order valence-electron chi connectivity index (χ3n) is 3.05. The smallest absolute Gasteiger partial charge is 0.0158 e. The molecule has 0 saturated heterocycles. The standard InChI is InChI=1S/C9H17N/c1-7(8-2-3-8)6-9(10)4-5-9/h7-8H,2-6,10H2,1H3. The molecule has 0 aromatic heterocycles. The summed E-state index contributed by atoms with van der Waals surface area (Å²) < 4.78 is 0.